The average Bonchev–Trinajstić information content (AvgIpc) is 2.48. The fourth-order valence-corrected chi connectivity index (χ4v) is 2.84. The van der Waals surface area contributed by atoms with Gasteiger partial charge in [-0.05, 0) is 37.6 Å². The van der Waals surface area contributed by atoms with Gasteiger partial charge in [0.1, 0.15) is 0 Å². The number of anilines is 1. The van der Waals surface area contributed by atoms with Gasteiger partial charge in [0.25, 0.3) is 0 Å². The molecule has 1 fully saturated rings. The second-order valence-corrected chi connectivity index (χ2v) is 5.90. The van der Waals surface area contributed by atoms with Crippen molar-refractivity contribution in [3.05, 3.63) is 29.3 Å². The van der Waals surface area contributed by atoms with Gasteiger partial charge in [-0.15, -0.1) is 0 Å². The summed E-state index contributed by atoms with van der Waals surface area (Å²) in [5.74, 6) is -0.0772. The van der Waals surface area contributed by atoms with Crippen molar-refractivity contribution in [2.45, 2.75) is 25.4 Å². The molecule has 2 rings (SSSR count). The highest BCUT2D eigenvalue weighted by molar-refractivity contribution is 6.30. The second-order valence-electron chi connectivity index (χ2n) is 5.46. The molecule has 0 radical (unpaired) electrons. The van der Waals surface area contributed by atoms with Crippen LogP contribution in [0.2, 0.25) is 5.02 Å². The number of benzene rings is 1. The van der Waals surface area contributed by atoms with Gasteiger partial charge in [-0.2, -0.15) is 5.26 Å². The van der Waals surface area contributed by atoms with Crippen molar-refractivity contribution < 1.29 is 9.90 Å². The topological polar surface area (TPSA) is 67.6 Å². The Labute approximate surface area is 135 Å². The fourth-order valence-electron chi connectivity index (χ4n) is 2.65. The summed E-state index contributed by atoms with van der Waals surface area (Å²) in [5, 5.41) is 19.1. The molecule has 1 aromatic rings. The molecule has 1 atom stereocenters. The minimum atomic E-state index is -0.361. The maximum absolute atomic E-state index is 12.6. The average molecular weight is 322 g/mol. The number of β-amino-alcohol motifs (C(OH)–C–C–N with tert-alkyl or cyclic N) is 1. The predicted molar refractivity (Wildman–Crippen MR) is 85.7 cm³/mol. The summed E-state index contributed by atoms with van der Waals surface area (Å²) in [6.07, 6.45) is 1.59. The van der Waals surface area contributed by atoms with Crippen LogP contribution in [0.3, 0.4) is 0 Å². The zero-order chi connectivity index (χ0) is 15.9. The van der Waals surface area contributed by atoms with Gasteiger partial charge in [-0.25, -0.2) is 0 Å². The molecular weight excluding hydrogens is 302 g/mol. The molecule has 0 saturated carbocycles. The van der Waals surface area contributed by atoms with E-state index in [0.29, 0.717) is 23.8 Å². The molecule has 1 heterocycles. The number of carbonyl (C=O) groups is 1. The van der Waals surface area contributed by atoms with Gasteiger partial charge >= 0.3 is 0 Å². The van der Waals surface area contributed by atoms with Crippen LogP contribution < -0.4 is 4.90 Å². The molecule has 1 aromatic carbocycles. The summed E-state index contributed by atoms with van der Waals surface area (Å²) < 4.78 is 0. The van der Waals surface area contributed by atoms with Gasteiger partial charge in [-0.1, -0.05) is 17.7 Å². The molecular formula is C16H20ClN3O2. The molecule has 1 amide bonds. The lowest BCUT2D eigenvalue weighted by Gasteiger charge is -2.31. The molecule has 6 heteroatoms. The Morgan fingerprint density at radius 2 is 2.36 bits per heavy atom. The fraction of sp³-hybridized carbons (Fsp3) is 0.500. The quantitative estimate of drug-likeness (QED) is 0.901. The van der Waals surface area contributed by atoms with Gasteiger partial charge in [-0.3, -0.25) is 9.69 Å². The van der Waals surface area contributed by atoms with Crippen molar-refractivity contribution in [3.8, 4) is 6.07 Å². The van der Waals surface area contributed by atoms with Gasteiger partial charge < -0.3 is 10.0 Å². The first-order valence-corrected chi connectivity index (χ1v) is 7.81. The van der Waals surface area contributed by atoms with Gasteiger partial charge in [0, 0.05) is 23.8 Å². The van der Waals surface area contributed by atoms with E-state index in [0.717, 1.165) is 19.4 Å². The van der Waals surface area contributed by atoms with Crippen LogP contribution >= 0.6 is 11.6 Å². The summed E-state index contributed by atoms with van der Waals surface area (Å²) in [5.41, 5.74) is 0.699. The smallest absolute Gasteiger partial charge is 0.241 e. The normalized spacial score (nSPS) is 18.7. The molecule has 118 valence electrons. The highest BCUT2D eigenvalue weighted by atomic mass is 35.5. The van der Waals surface area contributed by atoms with Crippen molar-refractivity contribution in [1.82, 2.24) is 4.90 Å². The Morgan fingerprint density at radius 3 is 3.05 bits per heavy atom. The van der Waals surface area contributed by atoms with E-state index in [4.69, 9.17) is 16.9 Å². The van der Waals surface area contributed by atoms with Crippen LogP contribution in [0.15, 0.2) is 24.3 Å². The molecule has 1 N–H and O–H groups in total. The van der Waals surface area contributed by atoms with Crippen molar-refractivity contribution in [3.63, 3.8) is 0 Å². The Bertz CT molecular complexity index is 559. The standard InChI is InChI=1S/C16H20ClN3O2/c17-13-4-1-5-14(10-13)20(9-3-7-18)16(22)12-19-8-2-6-15(21)11-19/h1,4-5,10,15,21H,2-3,6,8-9,11-12H2. The first-order chi connectivity index (χ1) is 10.6. The van der Waals surface area contributed by atoms with Gasteiger partial charge in [0.15, 0.2) is 0 Å². The molecule has 1 aliphatic heterocycles. The number of rotatable bonds is 5. The van der Waals surface area contributed by atoms with Crippen LogP contribution in [0.1, 0.15) is 19.3 Å². The molecule has 1 saturated heterocycles. The van der Waals surface area contributed by atoms with Crippen LogP contribution in [0.4, 0.5) is 5.69 Å². The van der Waals surface area contributed by atoms with E-state index in [-0.39, 0.29) is 25.0 Å². The maximum atomic E-state index is 12.6. The largest absolute Gasteiger partial charge is 0.392 e. The van der Waals surface area contributed by atoms with Crippen molar-refractivity contribution >= 4 is 23.2 Å². The summed E-state index contributed by atoms with van der Waals surface area (Å²) in [6.45, 7) is 1.92. The predicted octanol–water partition coefficient (Wildman–Crippen LogP) is 2.04. The number of nitrogens with zero attached hydrogens (tertiary/aromatic N) is 3. The first kappa shape index (κ1) is 16.8. The van der Waals surface area contributed by atoms with Crippen molar-refractivity contribution in [2.75, 3.05) is 31.1 Å². The molecule has 5 nitrogen and oxygen atoms in total. The third-order valence-electron chi connectivity index (χ3n) is 3.71. The Kier molecular flexibility index (Phi) is 6.20. The molecule has 0 spiro atoms. The number of amides is 1. The number of aliphatic hydroxyl groups excluding tert-OH is 1. The van der Waals surface area contributed by atoms with Crippen LogP contribution in [0, 0.1) is 11.3 Å². The third-order valence-corrected chi connectivity index (χ3v) is 3.94. The van der Waals surface area contributed by atoms with E-state index in [9.17, 15) is 9.90 Å². The van der Waals surface area contributed by atoms with E-state index in [1.54, 1.807) is 23.1 Å². The third kappa shape index (κ3) is 4.70. The lowest BCUT2D eigenvalue weighted by Crippen LogP contribution is -2.46. The highest BCUT2D eigenvalue weighted by Gasteiger charge is 2.23. The van der Waals surface area contributed by atoms with E-state index in [1.807, 2.05) is 11.0 Å². The highest BCUT2D eigenvalue weighted by Crippen LogP contribution is 2.20. The molecule has 1 aliphatic rings. The molecule has 0 aromatic heterocycles. The van der Waals surface area contributed by atoms with Crippen molar-refractivity contribution in [2.24, 2.45) is 0 Å². The maximum Gasteiger partial charge on any atom is 0.241 e. The van der Waals surface area contributed by atoms with E-state index >= 15 is 0 Å². The number of hydrogen-bond acceptors (Lipinski definition) is 4. The second kappa shape index (κ2) is 8.14. The lowest BCUT2D eigenvalue weighted by atomic mass is 10.1. The van der Waals surface area contributed by atoms with Crippen LogP contribution in [-0.2, 0) is 4.79 Å². The minimum Gasteiger partial charge on any atom is -0.392 e. The number of aliphatic hydroxyl groups is 1. The number of hydrogen-bond donors (Lipinski definition) is 1. The number of carbonyl (C=O) groups excluding carboxylic acids is 1. The van der Waals surface area contributed by atoms with E-state index in [1.165, 1.54) is 0 Å². The van der Waals surface area contributed by atoms with Crippen LogP contribution in [0.5, 0.6) is 0 Å². The number of piperidine rings is 1. The molecule has 1 unspecified atom stereocenters. The van der Waals surface area contributed by atoms with Crippen LogP contribution in [-0.4, -0.2) is 48.2 Å². The lowest BCUT2D eigenvalue weighted by molar-refractivity contribution is -0.120. The van der Waals surface area contributed by atoms with Crippen molar-refractivity contribution in [1.29, 1.82) is 5.26 Å². The zero-order valence-electron chi connectivity index (χ0n) is 12.4. The number of likely N-dealkylation sites (tertiary alicyclic amines) is 1. The Balaban J connectivity index is 2.07. The molecule has 22 heavy (non-hydrogen) atoms. The van der Waals surface area contributed by atoms with Crippen LogP contribution in [0.25, 0.3) is 0 Å². The SMILES string of the molecule is N#CCCN(C(=O)CN1CCCC(O)C1)c1cccc(Cl)c1. The monoisotopic (exact) mass is 321 g/mol. The number of nitriles is 1. The Morgan fingerprint density at radius 1 is 1.55 bits per heavy atom. The van der Waals surface area contributed by atoms with E-state index in [2.05, 4.69) is 6.07 Å². The summed E-state index contributed by atoms with van der Waals surface area (Å²) >= 11 is 5.99. The summed E-state index contributed by atoms with van der Waals surface area (Å²) in [6, 6.07) is 9.14. The van der Waals surface area contributed by atoms with Gasteiger partial charge in [0.05, 0.1) is 25.1 Å². The van der Waals surface area contributed by atoms with Gasteiger partial charge in [0.2, 0.25) is 5.91 Å². The molecule has 0 aliphatic carbocycles. The summed E-state index contributed by atoms with van der Waals surface area (Å²) in [7, 11) is 0. The number of halogens is 1. The first-order valence-electron chi connectivity index (χ1n) is 7.43. The minimum absolute atomic E-state index is 0.0772. The van der Waals surface area contributed by atoms with E-state index < -0.39 is 0 Å². The summed E-state index contributed by atoms with van der Waals surface area (Å²) in [4.78, 5) is 16.1. The Hall–Kier alpha value is -1.61. The zero-order valence-corrected chi connectivity index (χ0v) is 13.2. The molecule has 0 bridgehead atoms.